The average Bonchev–Trinajstić information content (AvgIpc) is 0.899. The van der Waals surface area contributed by atoms with Gasteiger partial charge >= 0.3 is 39.5 Å². The molecular weight excluding hydrogens is 1380 g/mol. The molecule has 0 saturated heterocycles. The van der Waals surface area contributed by atoms with Crippen LogP contribution in [0.25, 0.3) is 0 Å². The molecule has 0 bridgehead atoms. The van der Waals surface area contributed by atoms with Gasteiger partial charge in [0.2, 0.25) is 0 Å². The molecule has 0 aliphatic heterocycles. The molecule has 604 valence electrons. The highest BCUT2D eigenvalue weighted by Crippen LogP contribution is 2.45. The van der Waals surface area contributed by atoms with Crippen molar-refractivity contribution in [3.05, 3.63) is 158 Å². The standard InChI is InChI=1S/C87H144O17P2/c1-5-9-13-17-21-25-29-33-37-39-40-42-45-48-52-56-60-64-68-72-85(90)98-78-83(104-87(92)74-70-66-62-58-54-50-46-41-38-34-30-26-22-18-14-10-6-2)80-102-106(95,96)100-76-81(88)75-99-105(93,94)101-79-82(103-86(91)73-69-65-61-57-53-49-44-36-32-28-24-20-16-12-8-4)77-97-84(89)71-67-63-59-55-51-47-43-35-31-27-23-19-15-11-7-3/h9-11,13-15,21-23,25-27,33-38,40,42-44,51,55,63,67,81-83,88H,5-8,12,16-20,24,28-32,39,41,45-50,52-54,56-62,64-66,68-80H2,1-4H3,(H,93,94)(H,95,96)/b13-9-,14-10-,15-11-,25-21-,26-22-,27-23-,37-33-,38-34-,42-40-,43-35-,44-36-,55-51-,67-63-. The zero-order valence-electron chi connectivity index (χ0n) is 66.1. The Kier molecular flexibility index (Phi) is 73.9. The van der Waals surface area contributed by atoms with E-state index >= 15 is 0 Å². The molecule has 3 N–H and O–H groups in total. The molecule has 0 aromatic rings. The van der Waals surface area contributed by atoms with E-state index in [1.807, 2.05) is 18.2 Å². The maximum absolute atomic E-state index is 13.1. The van der Waals surface area contributed by atoms with E-state index in [0.29, 0.717) is 25.7 Å². The lowest BCUT2D eigenvalue weighted by Gasteiger charge is -2.21. The average molecular weight is 1520 g/mol. The van der Waals surface area contributed by atoms with Gasteiger partial charge in [0.1, 0.15) is 19.3 Å². The van der Waals surface area contributed by atoms with Crippen molar-refractivity contribution in [2.45, 2.75) is 329 Å². The number of allylic oxidation sites excluding steroid dienone is 25. The van der Waals surface area contributed by atoms with Gasteiger partial charge in [-0.1, -0.05) is 295 Å². The van der Waals surface area contributed by atoms with Crippen molar-refractivity contribution in [3.63, 3.8) is 0 Å². The monoisotopic (exact) mass is 1520 g/mol. The topological polar surface area (TPSA) is 237 Å². The third kappa shape index (κ3) is 76.9. The molecule has 19 heteroatoms. The zero-order chi connectivity index (χ0) is 77.4. The van der Waals surface area contributed by atoms with Crippen LogP contribution in [0.5, 0.6) is 0 Å². The summed E-state index contributed by atoms with van der Waals surface area (Å²) in [5, 5.41) is 10.7. The maximum atomic E-state index is 13.1. The Morgan fingerprint density at radius 2 is 0.528 bits per heavy atom. The van der Waals surface area contributed by atoms with Gasteiger partial charge in [-0.3, -0.25) is 37.3 Å². The summed E-state index contributed by atoms with van der Waals surface area (Å²) >= 11 is 0. The summed E-state index contributed by atoms with van der Waals surface area (Å²) in [6.45, 7) is 4.39. The van der Waals surface area contributed by atoms with Crippen LogP contribution in [0.4, 0.5) is 0 Å². The SMILES string of the molecule is CC/C=C\C/C=C\C/C=C\C/C=C\C/C=C\CC(=O)OCC(COP(=O)(O)OCC(O)COP(=O)(O)OCC(COC(=O)CCCCCCCC/C=C\C/C=C\C/C=C\C/C=C\CC)OC(=O)CCCCCCCCC/C=C\C/C=C\C/C=C\CC)OC(=O)CCCCCCC/C=C\CCCCCCCC. The second kappa shape index (κ2) is 77.8. The van der Waals surface area contributed by atoms with Crippen molar-refractivity contribution in [2.24, 2.45) is 0 Å². The Hall–Kier alpha value is -5.32. The number of rotatable bonds is 75. The third-order valence-corrected chi connectivity index (χ3v) is 18.4. The second-order valence-electron chi connectivity index (χ2n) is 26.6. The number of ether oxygens (including phenoxy) is 4. The molecule has 17 nitrogen and oxygen atoms in total. The first-order chi connectivity index (χ1) is 51.7. The van der Waals surface area contributed by atoms with Crippen molar-refractivity contribution in [2.75, 3.05) is 39.6 Å². The fraction of sp³-hybridized carbons (Fsp3) is 0.655. The molecule has 0 amide bonds. The van der Waals surface area contributed by atoms with Crippen molar-refractivity contribution < 1.29 is 80.2 Å². The highest BCUT2D eigenvalue weighted by atomic mass is 31.2. The van der Waals surface area contributed by atoms with E-state index in [1.165, 1.54) is 38.5 Å². The maximum Gasteiger partial charge on any atom is 0.472 e. The number of carbonyl (C=O) groups excluding carboxylic acids is 4. The van der Waals surface area contributed by atoms with Gasteiger partial charge in [0.05, 0.1) is 32.8 Å². The lowest BCUT2D eigenvalue weighted by molar-refractivity contribution is -0.161. The van der Waals surface area contributed by atoms with E-state index in [2.05, 4.69) is 161 Å². The van der Waals surface area contributed by atoms with Crippen LogP contribution in [0.2, 0.25) is 0 Å². The number of aliphatic hydroxyl groups excluding tert-OH is 1. The lowest BCUT2D eigenvalue weighted by atomic mass is 10.1. The van der Waals surface area contributed by atoms with E-state index in [0.717, 1.165) is 193 Å². The summed E-state index contributed by atoms with van der Waals surface area (Å²) < 4.78 is 68.5. The van der Waals surface area contributed by atoms with Crippen molar-refractivity contribution in [1.82, 2.24) is 0 Å². The van der Waals surface area contributed by atoms with Crippen LogP contribution >= 0.6 is 15.6 Å². The molecule has 0 fully saturated rings. The smallest absolute Gasteiger partial charge is 0.462 e. The summed E-state index contributed by atoms with van der Waals surface area (Å²) in [5.41, 5.74) is 0. The van der Waals surface area contributed by atoms with E-state index in [4.69, 9.17) is 37.0 Å². The Balaban J connectivity index is 5.46. The first kappa shape index (κ1) is 101. The van der Waals surface area contributed by atoms with E-state index in [1.54, 1.807) is 6.08 Å². The van der Waals surface area contributed by atoms with Crippen molar-refractivity contribution in [1.29, 1.82) is 0 Å². The molecule has 0 radical (unpaired) electrons. The minimum Gasteiger partial charge on any atom is -0.462 e. The minimum atomic E-state index is -5.01. The zero-order valence-corrected chi connectivity index (χ0v) is 67.8. The number of aliphatic hydroxyl groups is 1. The predicted octanol–water partition coefficient (Wildman–Crippen LogP) is 24.0. The van der Waals surface area contributed by atoms with Crippen LogP contribution in [0.15, 0.2) is 158 Å². The van der Waals surface area contributed by atoms with Crippen LogP contribution in [-0.4, -0.2) is 96.7 Å². The predicted molar refractivity (Wildman–Crippen MR) is 436 cm³/mol. The fourth-order valence-corrected chi connectivity index (χ4v) is 12.0. The Labute approximate surface area is 642 Å². The van der Waals surface area contributed by atoms with Gasteiger partial charge in [0.25, 0.3) is 0 Å². The van der Waals surface area contributed by atoms with Crippen LogP contribution in [-0.2, 0) is 65.4 Å². The molecule has 0 heterocycles. The highest BCUT2D eigenvalue weighted by Gasteiger charge is 2.30. The fourth-order valence-electron chi connectivity index (χ4n) is 10.4. The Morgan fingerprint density at radius 1 is 0.283 bits per heavy atom. The minimum absolute atomic E-state index is 0.0617. The molecular formula is C87H144O17P2. The van der Waals surface area contributed by atoms with Crippen LogP contribution in [0.3, 0.4) is 0 Å². The van der Waals surface area contributed by atoms with Gasteiger partial charge < -0.3 is 33.8 Å². The quantitative estimate of drug-likeness (QED) is 0.0169. The number of esters is 4. The van der Waals surface area contributed by atoms with Gasteiger partial charge in [0.15, 0.2) is 12.2 Å². The molecule has 0 saturated carbocycles. The molecule has 5 atom stereocenters. The number of carbonyl (C=O) groups is 4. The van der Waals surface area contributed by atoms with Crippen LogP contribution in [0, 0.1) is 0 Å². The molecule has 0 aromatic heterocycles. The lowest BCUT2D eigenvalue weighted by Crippen LogP contribution is -2.30. The van der Waals surface area contributed by atoms with Gasteiger partial charge in [-0.2, -0.15) is 0 Å². The van der Waals surface area contributed by atoms with Crippen molar-refractivity contribution in [3.8, 4) is 0 Å². The van der Waals surface area contributed by atoms with Gasteiger partial charge in [-0.15, -0.1) is 0 Å². The molecule has 0 aliphatic rings. The summed E-state index contributed by atoms with van der Waals surface area (Å²) in [6.07, 6.45) is 91.0. The molecule has 5 unspecified atom stereocenters. The van der Waals surface area contributed by atoms with Gasteiger partial charge in [-0.05, 0) is 148 Å². The largest absolute Gasteiger partial charge is 0.472 e. The number of unbranched alkanes of at least 4 members (excludes halogenated alkanes) is 24. The number of hydrogen-bond acceptors (Lipinski definition) is 15. The molecule has 0 spiro atoms. The molecule has 0 rings (SSSR count). The summed E-state index contributed by atoms with van der Waals surface area (Å²) in [5.74, 6) is -2.36. The summed E-state index contributed by atoms with van der Waals surface area (Å²) in [6, 6.07) is 0. The Bertz CT molecular complexity index is 2630. The van der Waals surface area contributed by atoms with E-state index in [-0.39, 0.29) is 25.7 Å². The van der Waals surface area contributed by atoms with E-state index < -0.39 is 97.5 Å². The first-order valence-electron chi connectivity index (χ1n) is 40.7. The molecule has 106 heavy (non-hydrogen) atoms. The summed E-state index contributed by atoms with van der Waals surface area (Å²) in [4.78, 5) is 73.1. The van der Waals surface area contributed by atoms with Crippen LogP contribution in [0.1, 0.15) is 310 Å². The van der Waals surface area contributed by atoms with Gasteiger partial charge in [0, 0.05) is 19.3 Å². The second-order valence-corrected chi connectivity index (χ2v) is 29.5. The highest BCUT2D eigenvalue weighted by molar-refractivity contribution is 7.47. The third-order valence-electron chi connectivity index (χ3n) is 16.5. The molecule has 0 aromatic carbocycles. The number of hydrogen-bond donors (Lipinski definition) is 3. The van der Waals surface area contributed by atoms with Crippen LogP contribution < -0.4 is 0 Å². The molecule has 0 aliphatic carbocycles. The van der Waals surface area contributed by atoms with Gasteiger partial charge in [-0.25, -0.2) is 9.13 Å². The summed E-state index contributed by atoms with van der Waals surface area (Å²) in [7, 11) is -10.0. The normalized spacial score (nSPS) is 14.7. The number of phosphoric ester groups is 2. The van der Waals surface area contributed by atoms with Crippen molar-refractivity contribution >= 4 is 39.5 Å². The first-order valence-corrected chi connectivity index (χ1v) is 43.7. The van der Waals surface area contributed by atoms with E-state index in [9.17, 15) is 43.2 Å². The Morgan fingerprint density at radius 3 is 0.849 bits per heavy atom. The number of phosphoric acid groups is 2.